The van der Waals surface area contributed by atoms with E-state index in [-0.39, 0.29) is 24.5 Å². The summed E-state index contributed by atoms with van der Waals surface area (Å²) >= 11 is 6.44. The fraction of sp³-hybridized carbons (Fsp3) is 0.258. The van der Waals surface area contributed by atoms with E-state index < -0.39 is 36.5 Å². The topological polar surface area (TPSA) is 141 Å². The highest BCUT2D eigenvalue weighted by Crippen LogP contribution is 2.32. The number of rotatable bonds is 12. The lowest BCUT2D eigenvalue weighted by Gasteiger charge is -2.28. The molecule has 3 N–H and O–H groups in total. The number of ether oxygens (including phenoxy) is 3. The lowest BCUT2D eigenvalue weighted by Crippen LogP contribution is -2.57. The van der Waals surface area contributed by atoms with Crippen LogP contribution in [0.5, 0.6) is 5.75 Å². The number of nitrogens with one attached hydrogen (secondary N) is 3. The zero-order valence-corrected chi connectivity index (χ0v) is 25.3. The zero-order valence-electron chi connectivity index (χ0n) is 24.5. The summed E-state index contributed by atoms with van der Waals surface area (Å²) in [6, 6.07) is 15.8. The van der Waals surface area contributed by atoms with Crippen LogP contribution in [0.1, 0.15) is 32.8 Å². The molecule has 2 unspecified atom stereocenters. The van der Waals surface area contributed by atoms with Gasteiger partial charge in [-0.15, -0.1) is 0 Å². The van der Waals surface area contributed by atoms with Crippen LogP contribution in [0.15, 0.2) is 67.0 Å². The van der Waals surface area contributed by atoms with Crippen LogP contribution >= 0.6 is 11.6 Å². The van der Waals surface area contributed by atoms with Gasteiger partial charge in [0.15, 0.2) is 0 Å². The van der Waals surface area contributed by atoms with Crippen LogP contribution in [0.25, 0.3) is 10.9 Å². The number of fused-ring (bicyclic) bond motifs is 1. The minimum absolute atomic E-state index is 0.124. The van der Waals surface area contributed by atoms with Crippen molar-refractivity contribution in [2.24, 2.45) is 0 Å². The van der Waals surface area contributed by atoms with Crippen molar-refractivity contribution < 1.29 is 37.4 Å². The van der Waals surface area contributed by atoms with Crippen LogP contribution in [0, 0.1) is 5.82 Å². The van der Waals surface area contributed by atoms with Crippen LogP contribution in [0.2, 0.25) is 5.02 Å². The van der Waals surface area contributed by atoms with Crippen molar-refractivity contribution in [3.8, 4) is 5.75 Å². The van der Waals surface area contributed by atoms with Crippen LogP contribution in [-0.2, 0) is 25.7 Å². The molecule has 14 heteroatoms. The molecular weight excluding hydrogens is 612 g/mol. The van der Waals surface area contributed by atoms with Crippen LogP contribution in [0.4, 0.5) is 30.8 Å². The number of carbonyl (C=O) groups is 3. The first-order chi connectivity index (χ1) is 21.5. The maximum absolute atomic E-state index is 13.5. The van der Waals surface area contributed by atoms with Crippen LogP contribution < -0.4 is 20.7 Å². The van der Waals surface area contributed by atoms with Crippen molar-refractivity contribution in [3.63, 3.8) is 0 Å². The molecule has 0 bridgehead atoms. The highest BCUT2D eigenvalue weighted by atomic mass is 35.5. The minimum Gasteiger partial charge on any atom is -0.487 e. The number of anilines is 3. The van der Waals surface area contributed by atoms with Crippen molar-refractivity contribution in [1.29, 1.82) is 0 Å². The molecule has 2 atom stereocenters. The molecule has 1 aromatic heterocycles. The van der Waals surface area contributed by atoms with E-state index in [2.05, 4.69) is 25.9 Å². The van der Waals surface area contributed by atoms with Gasteiger partial charge in [-0.2, -0.15) is 0 Å². The van der Waals surface area contributed by atoms with Gasteiger partial charge >= 0.3 is 12.1 Å². The summed E-state index contributed by atoms with van der Waals surface area (Å²) in [4.78, 5) is 45.8. The Labute approximate surface area is 262 Å². The van der Waals surface area contributed by atoms with E-state index >= 15 is 0 Å². The largest absolute Gasteiger partial charge is 0.487 e. The first-order valence-corrected chi connectivity index (χ1v) is 14.1. The van der Waals surface area contributed by atoms with Gasteiger partial charge in [-0.3, -0.25) is 14.9 Å². The molecule has 0 fully saturated rings. The van der Waals surface area contributed by atoms with Crippen molar-refractivity contribution in [2.75, 3.05) is 17.2 Å². The van der Waals surface area contributed by atoms with Gasteiger partial charge in [0.25, 0.3) is 11.6 Å². The number of alkyl halides is 1. The number of benzene rings is 3. The third kappa shape index (κ3) is 8.99. The van der Waals surface area contributed by atoms with Crippen molar-refractivity contribution in [3.05, 3.63) is 83.4 Å². The summed E-state index contributed by atoms with van der Waals surface area (Å²) in [6.45, 7) is 3.39. The Kier molecular flexibility index (Phi) is 10.7. The molecule has 0 aliphatic carbocycles. The quantitative estimate of drug-likeness (QED) is 0.118. The van der Waals surface area contributed by atoms with E-state index in [1.807, 2.05) is 0 Å². The Morgan fingerprint density at radius 1 is 1.04 bits per heavy atom. The summed E-state index contributed by atoms with van der Waals surface area (Å²) in [5.41, 5.74) is -0.175. The zero-order chi connectivity index (χ0) is 32.6. The molecule has 45 heavy (non-hydrogen) atoms. The number of aromatic nitrogens is 2. The molecule has 0 aliphatic heterocycles. The Bertz CT molecular complexity index is 1710. The SMILES string of the molecule is CCC(F)COC(=O)NC(C)(OC(C)=O)C(=O)Nc1ccc2ncnc(Nc3ccc(OCc4cccc(F)c4)c(Cl)c3)c2c1. The maximum Gasteiger partial charge on any atom is 0.410 e. The van der Waals surface area contributed by atoms with E-state index in [4.69, 9.17) is 25.8 Å². The monoisotopic (exact) mass is 641 g/mol. The summed E-state index contributed by atoms with van der Waals surface area (Å²) in [7, 11) is 0. The molecule has 4 aromatic rings. The number of hydrogen-bond acceptors (Lipinski definition) is 9. The molecule has 0 spiro atoms. The average molecular weight is 642 g/mol. The van der Waals surface area contributed by atoms with Gasteiger partial charge in [-0.05, 0) is 60.5 Å². The Balaban J connectivity index is 1.49. The smallest absolute Gasteiger partial charge is 0.410 e. The highest BCUT2D eigenvalue weighted by molar-refractivity contribution is 6.32. The second-order valence-corrected chi connectivity index (χ2v) is 10.4. The molecule has 0 aliphatic rings. The van der Waals surface area contributed by atoms with Crippen molar-refractivity contribution in [1.82, 2.24) is 15.3 Å². The van der Waals surface area contributed by atoms with E-state index in [0.29, 0.717) is 38.7 Å². The normalized spacial score (nSPS) is 12.8. The van der Waals surface area contributed by atoms with E-state index in [9.17, 15) is 23.2 Å². The molecule has 1 heterocycles. The molecule has 3 aromatic carbocycles. The molecule has 4 rings (SSSR count). The molecule has 11 nitrogen and oxygen atoms in total. The number of esters is 1. The molecule has 0 radical (unpaired) electrons. The van der Waals surface area contributed by atoms with E-state index in [1.54, 1.807) is 55.5 Å². The van der Waals surface area contributed by atoms with Crippen molar-refractivity contribution in [2.45, 2.75) is 45.7 Å². The number of hydrogen-bond donors (Lipinski definition) is 3. The van der Waals surface area contributed by atoms with Gasteiger partial charge in [-0.25, -0.2) is 23.5 Å². The molecule has 0 saturated carbocycles. The molecule has 236 valence electrons. The number of amides is 2. The lowest BCUT2D eigenvalue weighted by molar-refractivity contribution is -0.165. The number of nitrogens with zero attached hydrogens (tertiary/aromatic N) is 2. The fourth-order valence-corrected chi connectivity index (χ4v) is 4.27. The second-order valence-electron chi connectivity index (χ2n) is 9.95. The Morgan fingerprint density at radius 3 is 2.53 bits per heavy atom. The van der Waals surface area contributed by atoms with Gasteiger partial charge in [0.2, 0.25) is 0 Å². The first kappa shape index (κ1) is 32.9. The Morgan fingerprint density at radius 2 is 1.82 bits per heavy atom. The fourth-order valence-electron chi connectivity index (χ4n) is 4.04. The van der Waals surface area contributed by atoms with Crippen molar-refractivity contribution >= 4 is 57.7 Å². The first-order valence-electron chi connectivity index (χ1n) is 13.7. The lowest BCUT2D eigenvalue weighted by atomic mass is 10.1. The van der Waals surface area contributed by atoms with Gasteiger partial charge in [0, 0.05) is 30.6 Å². The second kappa shape index (κ2) is 14.6. The summed E-state index contributed by atoms with van der Waals surface area (Å²) in [6.07, 6.45) is -1.05. The standard InChI is InChI=1S/C31H30ClF2N5O6/c1-4-20(33)16-44-30(42)39-31(3,45-18(2)40)29(41)38-22-8-10-26-24(13-22)28(36-17-35-26)37-23-9-11-27(25(32)14-23)43-15-19-6-5-7-21(34)12-19/h5-14,17,20H,4,15-16H2,1-3H3,(H,38,41)(H,39,42)(H,35,36,37). The number of alkyl carbamates (subject to hydrolysis) is 1. The highest BCUT2D eigenvalue weighted by Gasteiger charge is 2.39. The van der Waals surface area contributed by atoms with Gasteiger partial charge in [0.1, 0.15) is 43.1 Å². The average Bonchev–Trinajstić information content (AvgIpc) is 2.99. The number of halogens is 3. The maximum atomic E-state index is 13.5. The van der Waals surface area contributed by atoms with Gasteiger partial charge in [0.05, 0.1) is 10.5 Å². The van der Waals surface area contributed by atoms with Gasteiger partial charge < -0.3 is 24.8 Å². The summed E-state index contributed by atoms with van der Waals surface area (Å²) in [5.74, 6) is -1.36. The van der Waals surface area contributed by atoms with E-state index in [0.717, 1.165) is 13.8 Å². The third-order valence-corrected chi connectivity index (χ3v) is 6.63. The Hall–Kier alpha value is -5.04. The minimum atomic E-state index is -2.18. The molecular formula is C31H30ClF2N5O6. The van der Waals surface area contributed by atoms with Crippen LogP contribution in [-0.4, -0.2) is 46.4 Å². The van der Waals surface area contributed by atoms with Gasteiger partial charge in [-0.1, -0.05) is 30.7 Å². The van der Waals surface area contributed by atoms with E-state index in [1.165, 1.54) is 18.5 Å². The van der Waals surface area contributed by atoms with Crippen LogP contribution in [0.3, 0.4) is 0 Å². The third-order valence-electron chi connectivity index (χ3n) is 6.33. The molecule has 2 amide bonds. The number of carbonyl (C=O) groups excluding carboxylic acids is 3. The molecule has 0 saturated heterocycles. The predicted molar refractivity (Wildman–Crippen MR) is 163 cm³/mol. The summed E-state index contributed by atoms with van der Waals surface area (Å²) in [5, 5.41) is 8.74. The predicted octanol–water partition coefficient (Wildman–Crippen LogP) is 6.44. The summed E-state index contributed by atoms with van der Waals surface area (Å²) < 4.78 is 42.6.